The molecule has 0 radical (unpaired) electrons. The van der Waals surface area contributed by atoms with Crippen molar-refractivity contribution in [3.05, 3.63) is 48.0 Å². The summed E-state index contributed by atoms with van der Waals surface area (Å²) in [4.78, 5) is 14.5. The Balaban J connectivity index is 2.04. The molecule has 0 spiro atoms. The molecule has 0 atom stereocenters. The molecule has 4 nitrogen and oxygen atoms in total. The maximum atomic E-state index is 12.9. The Morgan fingerprint density at radius 3 is 2.55 bits per heavy atom. The average Bonchev–Trinajstić information content (AvgIpc) is 2.44. The van der Waals surface area contributed by atoms with Crippen molar-refractivity contribution in [2.24, 2.45) is 0 Å². The highest BCUT2D eigenvalue weighted by Gasteiger charge is 2.44. The number of rotatable bonds is 5. The Morgan fingerprint density at radius 2 is 1.85 bits per heavy atom. The molecule has 0 aliphatic carbocycles. The molecule has 7 heteroatoms. The topological polar surface area (TPSA) is 44.8 Å². The highest BCUT2D eigenvalue weighted by Crippen LogP contribution is 2.20. The van der Waals surface area contributed by atoms with Gasteiger partial charge in [0, 0.05) is 12.9 Å². The van der Waals surface area contributed by atoms with Gasteiger partial charge >= 0.3 is 12.1 Å². The third-order valence-electron chi connectivity index (χ3n) is 2.56. The minimum absolute atomic E-state index is 0.296. The third kappa shape index (κ3) is 3.44. The Bertz CT molecular complexity index is 618. The Kier molecular flexibility index (Phi) is 4.53. The number of fused-ring (bicyclic) bond motifs is 1. The standard InChI is InChI=1S/C13H10F2O4S/c14-13(15,18-19-20)12(16)17-8-9-5-6-10-3-1-2-4-11(10)7-9/h1-7,20H,8H2. The fraction of sp³-hybridized carbons (Fsp3) is 0.154. The number of carbonyl (C=O) groups is 1. The van der Waals surface area contributed by atoms with Crippen molar-refractivity contribution in [2.45, 2.75) is 12.7 Å². The van der Waals surface area contributed by atoms with E-state index in [0.29, 0.717) is 5.56 Å². The second kappa shape index (κ2) is 6.17. The van der Waals surface area contributed by atoms with Crippen LogP contribution in [-0.4, -0.2) is 12.1 Å². The van der Waals surface area contributed by atoms with Crippen molar-refractivity contribution < 1.29 is 27.5 Å². The second-order valence-electron chi connectivity index (χ2n) is 3.93. The molecule has 0 unspecified atom stereocenters. The molecule has 0 saturated heterocycles. The predicted molar refractivity (Wildman–Crippen MR) is 69.8 cm³/mol. The summed E-state index contributed by atoms with van der Waals surface area (Å²) in [7, 11) is 0. The number of hydrogen-bond acceptors (Lipinski definition) is 5. The monoisotopic (exact) mass is 300 g/mol. The van der Waals surface area contributed by atoms with Gasteiger partial charge in [0.2, 0.25) is 0 Å². The van der Waals surface area contributed by atoms with E-state index in [0.717, 1.165) is 10.8 Å². The van der Waals surface area contributed by atoms with Crippen molar-refractivity contribution >= 4 is 29.7 Å². The minimum atomic E-state index is -4.20. The van der Waals surface area contributed by atoms with Gasteiger partial charge in [0.05, 0.1) is 0 Å². The first-order valence-electron chi connectivity index (χ1n) is 5.55. The van der Waals surface area contributed by atoms with Crippen molar-refractivity contribution in [1.29, 1.82) is 0 Å². The number of thiol groups is 1. The Hall–Kier alpha value is -1.70. The van der Waals surface area contributed by atoms with Crippen LogP contribution in [0.3, 0.4) is 0 Å². The molecule has 0 N–H and O–H groups in total. The van der Waals surface area contributed by atoms with Crippen LogP contribution in [0.25, 0.3) is 10.8 Å². The number of ether oxygens (including phenoxy) is 1. The van der Waals surface area contributed by atoms with E-state index in [1.54, 1.807) is 12.1 Å². The van der Waals surface area contributed by atoms with Crippen LogP contribution in [0.15, 0.2) is 42.5 Å². The van der Waals surface area contributed by atoms with Crippen LogP contribution in [0.1, 0.15) is 5.56 Å². The lowest BCUT2D eigenvalue weighted by Gasteiger charge is -2.12. The fourth-order valence-corrected chi connectivity index (χ4v) is 1.74. The smallest absolute Gasteiger partial charge is 0.454 e. The highest BCUT2D eigenvalue weighted by atomic mass is 32.1. The zero-order valence-corrected chi connectivity index (χ0v) is 11.0. The Morgan fingerprint density at radius 1 is 1.15 bits per heavy atom. The number of hydrogen-bond donors (Lipinski definition) is 1. The third-order valence-corrected chi connectivity index (χ3v) is 2.64. The summed E-state index contributed by atoms with van der Waals surface area (Å²) in [6, 6.07) is 12.8. The van der Waals surface area contributed by atoms with Crippen molar-refractivity contribution in [1.82, 2.24) is 0 Å². The SMILES string of the molecule is O=C(OCc1ccc2ccccc2c1)C(F)(F)OOS. The molecule has 0 aliphatic heterocycles. The molecule has 0 aliphatic rings. The molecule has 2 aromatic rings. The first kappa shape index (κ1) is 14.7. The zero-order valence-electron chi connectivity index (χ0n) is 10.1. The van der Waals surface area contributed by atoms with Crippen LogP contribution in [-0.2, 0) is 25.4 Å². The van der Waals surface area contributed by atoms with Gasteiger partial charge < -0.3 is 4.74 Å². The van der Waals surface area contributed by atoms with Gasteiger partial charge in [0.1, 0.15) is 6.61 Å². The van der Waals surface area contributed by atoms with E-state index in [1.807, 2.05) is 30.3 Å². The molecule has 0 fully saturated rings. The van der Waals surface area contributed by atoms with Gasteiger partial charge in [-0.15, -0.1) is 4.89 Å². The first-order valence-corrected chi connectivity index (χ1v) is 5.91. The summed E-state index contributed by atoms with van der Waals surface area (Å²) in [6.07, 6.45) is -4.20. The largest absolute Gasteiger partial charge is 0.483 e. The normalized spacial score (nSPS) is 11.6. The van der Waals surface area contributed by atoms with Crippen LogP contribution in [0, 0.1) is 0 Å². The molecule has 2 rings (SSSR count). The van der Waals surface area contributed by atoms with Gasteiger partial charge in [-0.2, -0.15) is 13.1 Å². The Labute approximate surface area is 118 Å². The molecule has 106 valence electrons. The van der Waals surface area contributed by atoms with Crippen molar-refractivity contribution in [3.63, 3.8) is 0 Å². The van der Waals surface area contributed by atoms with Crippen LogP contribution >= 0.6 is 12.9 Å². The van der Waals surface area contributed by atoms with E-state index in [9.17, 15) is 13.6 Å². The maximum Gasteiger partial charge on any atom is 0.483 e. The summed E-state index contributed by atoms with van der Waals surface area (Å²) in [5.74, 6) is -1.85. The van der Waals surface area contributed by atoms with Crippen LogP contribution in [0.4, 0.5) is 8.78 Å². The van der Waals surface area contributed by atoms with Gasteiger partial charge in [-0.25, -0.2) is 4.79 Å². The molecule has 0 heterocycles. The fourth-order valence-electron chi connectivity index (χ4n) is 1.64. The molecule has 0 saturated carbocycles. The number of halogens is 2. The molecular weight excluding hydrogens is 290 g/mol. The summed E-state index contributed by atoms with van der Waals surface area (Å²) in [5.41, 5.74) is 0.583. The molecule has 0 aromatic heterocycles. The molecule has 0 amide bonds. The second-order valence-corrected chi connectivity index (χ2v) is 4.08. The van der Waals surface area contributed by atoms with Crippen molar-refractivity contribution in [3.8, 4) is 0 Å². The van der Waals surface area contributed by atoms with Crippen molar-refractivity contribution in [2.75, 3.05) is 0 Å². The van der Waals surface area contributed by atoms with E-state index in [-0.39, 0.29) is 6.61 Å². The highest BCUT2D eigenvalue weighted by molar-refractivity contribution is 7.74. The van der Waals surface area contributed by atoms with Crippen LogP contribution in [0.2, 0.25) is 0 Å². The van der Waals surface area contributed by atoms with Gasteiger partial charge in [-0.1, -0.05) is 36.4 Å². The van der Waals surface area contributed by atoms with E-state index >= 15 is 0 Å². The number of carbonyl (C=O) groups excluding carboxylic acids is 1. The summed E-state index contributed by atoms with van der Waals surface area (Å²) in [6.45, 7) is -0.296. The van der Waals surface area contributed by atoms with E-state index in [4.69, 9.17) is 0 Å². The lowest BCUT2D eigenvalue weighted by Crippen LogP contribution is -2.33. The zero-order chi connectivity index (χ0) is 14.6. The van der Waals surface area contributed by atoms with Gasteiger partial charge in [0.25, 0.3) is 0 Å². The molecule has 0 bridgehead atoms. The quantitative estimate of drug-likeness (QED) is 0.303. The minimum Gasteiger partial charge on any atom is -0.454 e. The van der Waals surface area contributed by atoms with Gasteiger partial charge in [-0.3, -0.25) is 0 Å². The summed E-state index contributed by atoms with van der Waals surface area (Å²) in [5, 5.41) is 1.92. The average molecular weight is 300 g/mol. The van der Waals surface area contributed by atoms with Gasteiger partial charge in [0.15, 0.2) is 0 Å². The maximum absolute atomic E-state index is 12.9. The number of alkyl halides is 2. The number of benzene rings is 2. The van der Waals surface area contributed by atoms with E-state index < -0.39 is 12.1 Å². The van der Waals surface area contributed by atoms with Gasteiger partial charge in [-0.05, 0) is 22.4 Å². The van der Waals surface area contributed by atoms with E-state index in [2.05, 4.69) is 26.9 Å². The van der Waals surface area contributed by atoms with Crippen LogP contribution in [0.5, 0.6) is 0 Å². The molecule has 2 aromatic carbocycles. The van der Waals surface area contributed by atoms with Crippen LogP contribution < -0.4 is 0 Å². The summed E-state index contributed by atoms with van der Waals surface area (Å²) >= 11 is 2.98. The molecular formula is C13H10F2O4S. The first-order chi connectivity index (χ1) is 9.53. The van der Waals surface area contributed by atoms with E-state index in [1.165, 1.54) is 0 Å². The lowest BCUT2D eigenvalue weighted by molar-refractivity contribution is -0.369. The predicted octanol–water partition coefficient (Wildman–Crippen LogP) is 3.27. The lowest BCUT2D eigenvalue weighted by atomic mass is 10.1. The number of esters is 1. The summed E-state index contributed by atoms with van der Waals surface area (Å²) < 4.78 is 33.8. The molecule has 20 heavy (non-hydrogen) atoms.